The molecule has 0 radical (unpaired) electrons. The molecule has 0 amide bonds. The predicted molar refractivity (Wildman–Crippen MR) is 105 cm³/mol. The topological polar surface area (TPSA) is 62.3 Å². The molecular formula is C18H15ClF2N4OS. The number of aliphatic imine (C=N–C) groups is 1. The number of amidine groups is 1. The first-order chi connectivity index (χ1) is 13.0. The summed E-state index contributed by atoms with van der Waals surface area (Å²) in [5.74, 6) is -0.550. The van der Waals surface area contributed by atoms with Crippen LogP contribution >= 0.6 is 23.4 Å². The second-order valence-corrected chi connectivity index (χ2v) is 7.64. The van der Waals surface area contributed by atoms with E-state index in [-0.39, 0.29) is 11.4 Å². The van der Waals surface area contributed by atoms with Gasteiger partial charge in [0.2, 0.25) is 0 Å². The standard InChI is InChI=1S/C18H15ClF2N4OS/c1-9-6-24-18(27-8-9)25-10-4-12(20)16(13(21)5-10)26-14-2-3-22-17-15(14)11(19)7-23-17/h2-5,7,9H,6,8H2,1H3,(H,22,23)(H,24,25)/t9-/m1/s1. The molecule has 0 unspecified atom stereocenters. The van der Waals surface area contributed by atoms with E-state index in [4.69, 9.17) is 16.3 Å². The minimum Gasteiger partial charge on any atom is -0.450 e. The monoisotopic (exact) mass is 408 g/mol. The predicted octanol–water partition coefficient (Wildman–Crippen LogP) is 5.44. The highest BCUT2D eigenvalue weighted by atomic mass is 35.5. The highest BCUT2D eigenvalue weighted by Gasteiger charge is 2.18. The van der Waals surface area contributed by atoms with Gasteiger partial charge < -0.3 is 15.0 Å². The number of anilines is 1. The van der Waals surface area contributed by atoms with E-state index >= 15 is 0 Å². The fourth-order valence-electron chi connectivity index (χ4n) is 2.67. The first-order valence-corrected chi connectivity index (χ1v) is 9.60. The molecule has 1 aromatic carbocycles. The van der Waals surface area contributed by atoms with Crippen LogP contribution in [0.2, 0.25) is 5.02 Å². The van der Waals surface area contributed by atoms with Gasteiger partial charge in [-0.1, -0.05) is 30.3 Å². The maximum atomic E-state index is 14.5. The van der Waals surface area contributed by atoms with Gasteiger partial charge >= 0.3 is 0 Å². The van der Waals surface area contributed by atoms with Crippen LogP contribution in [0.15, 0.2) is 35.6 Å². The van der Waals surface area contributed by atoms with Crippen molar-refractivity contribution in [2.45, 2.75) is 6.92 Å². The van der Waals surface area contributed by atoms with Crippen molar-refractivity contribution in [3.63, 3.8) is 0 Å². The van der Waals surface area contributed by atoms with E-state index in [2.05, 4.69) is 27.2 Å². The van der Waals surface area contributed by atoms with Gasteiger partial charge in [-0.15, -0.1) is 0 Å². The fourth-order valence-corrected chi connectivity index (χ4v) is 3.81. The lowest BCUT2D eigenvalue weighted by Crippen LogP contribution is -2.18. The van der Waals surface area contributed by atoms with Crippen molar-refractivity contribution in [1.29, 1.82) is 0 Å². The van der Waals surface area contributed by atoms with Crippen LogP contribution in [0.5, 0.6) is 11.5 Å². The molecule has 5 nitrogen and oxygen atoms in total. The van der Waals surface area contributed by atoms with Gasteiger partial charge in [-0.3, -0.25) is 4.99 Å². The molecule has 3 heterocycles. The van der Waals surface area contributed by atoms with E-state index in [0.29, 0.717) is 33.7 Å². The Bertz CT molecular complexity index is 1020. The summed E-state index contributed by atoms with van der Waals surface area (Å²) in [6.07, 6.45) is 3.00. The third-order valence-electron chi connectivity index (χ3n) is 4.00. The van der Waals surface area contributed by atoms with Crippen LogP contribution in [-0.4, -0.2) is 27.4 Å². The number of hydrogen-bond acceptors (Lipinski definition) is 5. The molecule has 2 aromatic heterocycles. The van der Waals surface area contributed by atoms with E-state index in [1.165, 1.54) is 42.4 Å². The third kappa shape index (κ3) is 3.72. The molecule has 2 N–H and O–H groups in total. The first kappa shape index (κ1) is 18.1. The number of nitrogens with one attached hydrogen (secondary N) is 2. The average molecular weight is 409 g/mol. The minimum absolute atomic E-state index is 0.214. The van der Waals surface area contributed by atoms with Crippen molar-refractivity contribution in [1.82, 2.24) is 9.97 Å². The Hall–Kier alpha value is -2.32. The van der Waals surface area contributed by atoms with Crippen LogP contribution in [0.3, 0.4) is 0 Å². The number of benzene rings is 1. The van der Waals surface area contributed by atoms with Crippen molar-refractivity contribution in [3.05, 3.63) is 47.2 Å². The van der Waals surface area contributed by atoms with E-state index in [1.807, 2.05) is 0 Å². The number of ether oxygens (including phenoxy) is 1. The Morgan fingerprint density at radius 1 is 1.33 bits per heavy atom. The maximum Gasteiger partial charge on any atom is 0.198 e. The molecule has 9 heteroatoms. The summed E-state index contributed by atoms with van der Waals surface area (Å²) < 4.78 is 34.6. The minimum atomic E-state index is -0.830. The lowest BCUT2D eigenvalue weighted by Gasteiger charge is -2.18. The average Bonchev–Trinajstić information content (AvgIpc) is 3.02. The van der Waals surface area contributed by atoms with Crippen molar-refractivity contribution in [3.8, 4) is 11.5 Å². The van der Waals surface area contributed by atoms with E-state index in [9.17, 15) is 8.78 Å². The molecule has 27 heavy (non-hydrogen) atoms. The summed E-state index contributed by atoms with van der Waals surface area (Å²) in [5.41, 5.74) is 0.746. The summed E-state index contributed by atoms with van der Waals surface area (Å²) >= 11 is 7.63. The molecule has 0 saturated heterocycles. The number of aromatic amines is 1. The number of aromatic nitrogens is 2. The van der Waals surface area contributed by atoms with Gasteiger partial charge in [0.15, 0.2) is 22.6 Å². The number of fused-ring (bicyclic) bond motifs is 1. The van der Waals surface area contributed by atoms with Gasteiger partial charge in [-0.05, 0) is 12.0 Å². The Morgan fingerprint density at radius 2 is 2.11 bits per heavy atom. The summed E-state index contributed by atoms with van der Waals surface area (Å²) in [7, 11) is 0. The molecule has 3 aromatic rings. The first-order valence-electron chi connectivity index (χ1n) is 8.24. The van der Waals surface area contributed by atoms with Crippen LogP contribution in [0.25, 0.3) is 11.0 Å². The molecule has 0 saturated carbocycles. The van der Waals surface area contributed by atoms with Crippen LogP contribution < -0.4 is 10.1 Å². The van der Waals surface area contributed by atoms with Crippen LogP contribution in [0.1, 0.15) is 6.92 Å². The second kappa shape index (κ2) is 7.36. The van der Waals surface area contributed by atoms with Crippen molar-refractivity contribution < 1.29 is 13.5 Å². The van der Waals surface area contributed by atoms with Crippen LogP contribution in [0.4, 0.5) is 14.5 Å². The third-order valence-corrected chi connectivity index (χ3v) is 5.54. The Kier molecular flexibility index (Phi) is 4.92. The molecule has 1 aliphatic heterocycles. The Balaban J connectivity index is 1.61. The van der Waals surface area contributed by atoms with Gasteiger partial charge in [-0.2, -0.15) is 0 Å². The van der Waals surface area contributed by atoms with Gasteiger partial charge in [0.05, 0.1) is 10.4 Å². The molecule has 0 aliphatic carbocycles. The lowest BCUT2D eigenvalue weighted by molar-refractivity contribution is 0.411. The van der Waals surface area contributed by atoms with Gasteiger partial charge in [0, 0.05) is 42.5 Å². The summed E-state index contributed by atoms with van der Waals surface area (Å²) in [5, 5.41) is 4.41. The highest BCUT2D eigenvalue weighted by Crippen LogP contribution is 2.36. The second-order valence-electron chi connectivity index (χ2n) is 6.23. The quantitative estimate of drug-likeness (QED) is 0.606. The number of rotatable bonds is 3. The fraction of sp³-hybridized carbons (Fsp3) is 0.222. The zero-order valence-electron chi connectivity index (χ0n) is 14.2. The zero-order valence-corrected chi connectivity index (χ0v) is 15.8. The number of halogens is 3. The molecule has 1 aliphatic rings. The van der Waals surface area contributed by atoms with Gasteiger partial charge in [-0.25, -0.2) is 13.8 Å². The summed E-state index contributed by atoms with van der Waals surface area (Å²) in [4.78, 5) is 11.3. The summed E-state index contributed by atoms with van der Waals surface area (Å²) in [6.45, 7) is 2.79. The molecule has 1 atom stereocenters. The number of thioether (sulfide) groups is 1. The SMILES string of the molecule is C[C@@H]1CN=C(Nc2cc(F)c(Oc3ccnc4[nH]cc(Cl)c34)c(F)c2)SC1. The van der Waals surface area contributed by atoms with Crippen LogP contribution in [-0.2, 0) is 0 Å². The molecule has 0 fully saturated rings. The summed E-state index contributed by atoms with van der Waals surface area (Å²) in [6, 6.07) is 3.86. The maximum absolute atomic E-state index is 14.5. The van der Waals surface area contributed by atoms with E-state index in [1.54, 1.807) is 0 Å². The number of nitrogens with zero attached hydrogens (tertiary/aromatic N) is 2. The lowest BCUT2D eigenvalue weighted by atomic mass is 10.2. The Labute approximate surface area is 163 Å². The van der Waals surface area contributed by atoms with Crippen molar-refractivity contribution in [2.75, 3.05) is 17.6 Å². The molecule has 0 spiro atoms. The highest BCUT2D eigenvalue weighted by molar-refractivity contribution is 8.14. The number of pyridine rings is 1. The molecular weight excluding hydrogens is 394 g/mol. The molecule has 4 rings (SSSR count). The van der Waals surface area contributed by atoms with Crippen LogP contribution in [0, 0.1) is 17.6 Å². The van der Waals surface area contributed by atoms with Gasteiger partial charge in [0.25, 0.3) is 0 Å². The largest absolute Gasteiger partial charge is 0.450 e. The smallest absolute Gasteiger partial charge is 0.198 e. The van der Waals surface area contributed by atoms with Crippen molar-refractivity contribution >= 4 is 45.3 Å². The zero-order chi connectivity index (χ0) is 19.0. The van der Waals surface area contributed by atoms with E-state index < -0.39 is 17.4 Å². The number of H-pyrrole nitrogens is 1. The van der Waals surface area contributed by atoms with E-state index in [0.717, 1.165) is 5.75 Å². The van der Waals surface area contributed by atoms with Crippen molar-refractivity contribution in [2.24, 2.45) is 10.9 Å². The van der Waals surface area contributed by atoms with Gasteiger partial charge in [0.1, 0.15) is 11.4 Å². The Morgan fingerprint density at radius 3 is 2.81 bits per heavy atom. The molecule has 0 bridgehead atoms. The normalized spacial score (nSPS) is 17.0. The number of hydrogen-bond donors (Lipinski definition) is 2. The molecule has 140 valence electrons.